The second-order valence-electron chi connectivity index (χ2n) is 4.75. The maximum atomic E-state index is 9.36. The van der Waals surface area contributed by atoms with Gasteiger partial charge in [0.25, 0.3) is 0 Å². The largest absolute Gasteiger partial charge is 0.391 e. The molecule has 0 rings (SSSR count). The molecule has 0 radical (unpaired) electrons. The van der Waals surface area contributed by atoms with E-state index in [1.165, 1.54) is 0 Å². The van der Waals surface area contributed by atoms with Gasteiger partial charge in [-0.25, -0.2) is 0 Å². The molecule has 0 aliphatic rings. The molecule has 0 saturated heterocycles. The molecular weight excluding hydrogens is 204 g/mol. The molecule has 0 fully saturated rings. The van der Waals surface area contributed by atoms with Crippen LogP contribution in [0.4, 0.5) is 0 Å². The molecule has 4 nitrogen and oxygen atoms in total. The summed E-state index contributed by atoms with van der Waals surface area (Å²) in [5, 5.41) is 21.4. The summed E-state index contributed by atoms with van der Waals surface area (Å²) < 4.78 is 4.83. The monoisotopic (exact) mass is 228 g/mol. The van der Waals surface area contributed by atoms with Crippen molar-refractivity contribution in [3.63, 3.8) is 0 Å². The van der Waals surface area contributed by atoms with Crippen molar-refractivity contribution in [3.05, 3.63) is 0 Å². The lowest BCUT2D eigenvalue weighted by molar-refractivity contribution is 0.0594. The third-order valence-electron chi connectivity index (χ3n) is 2.47. The van der Waals surface area contributed by atoms with Crippen LogP contribution in [0.3, 0.4) is 0 Å². The zero-order valence-electron chi connectivity index (χ0n) is 10.6. The number of methoxy groups -OCH3 is 1. The highest BCUT2D eigenvalue weighted by molar-refractivity contribution is 4.91. The summed E-state index contributed by atoms with van der Waals surface area (Å²) in [5.41, 5.74) is -0.225. The molecule has 0 aromatic carbocycles. The quantitative estimate of drug-likeness (QED) is 0.584. The van der Waals surface area contributed by atoms with Gasteiger partial charge < -0.3 is 15.2 Å². The summed E-state index contributed by atoms with van der Waals surface area (Å²) in [5.74, 6) is 0. The summed E-state index contributed by atoms with van der Waals surface area (Å²) in [6.07, 6.45) is 2.21. The molecule has 16 heavy (non-hydrogen) atoms. The zero-order chi connectivity index (χ0) is 12.4. The average molecular weight is 228 g/mol. The number of rotatable bonds is 9. The van der Waals surface area contributed by atoms with Crippen molar-refractivity contribution in [2.24, 2.45) is 5.41 Å². The van der Waals surface area contributed by atoms with Gasteiger partial charge in [0, 0.05) is 7.11 Å². The van der Waals surface area contributed by atoms with Crippen LogP contribution in [0, 0.1) is 16.7 Å². The van der Waals surface area contributed by atoms with E-state index in [1.807, 2.05) is 13.8 Å². The van der Waals surface area contributed by atoms with E-state index >= 15 is 0 Å². The maximum absolute atomic E-state index is 9.36. The Morgan fingerprint density at radius 1 is 1.44 bits per heavy atom. The predicted octanol–water partition coefficient (Wildman–Crippen LogP) is 1.30. The Hall–Kier alpha value is -0.630. The standard InChI is InChI=1S/C12H24N2O2/c1-12(2,10-13)6-4-7-14-8-5-11(15)9-16-3/h11,14-15H,4-9H2,1-3H3. The number of hydrogen-bond donors (Lipinski definition) is 2. The first-order valence-corrected chi connectivity index (χ1v) is 5.81. The topological polar surface area (TPSA) is 65.3 Å². The average Bonchev–Trinajstić information content (AvgIpc) is 2.23. The van der Waals surface area contributed by atoms with Gasteiger partial charge in [-0.1, -0.05) is 0 Å². The fourth-order valence-corrected chi connectivity index (χ4v) is 1.38. The lowest BCUT2D eigenvalue weighted by Gasteiger charge is -2.15. The summed E-state index contributed by atoms with van der Waals surface area (Å²) >= 11 is 0. The number of ether oxygens (including phenoxy) is 1. The SMILES string of the molecule is COCC(O)CCNCCCC(C)(C)C#N. The van der Waals surface area contributed by atoms with E-state index in [1.54, 1.807) is 7.11 Å². The van der Waals surface area contributed by atoms with Crippen LogP contribution in [-0.2, 0) is 4.74 Å². The number of nitriles is 1. The van der Waals surface area contributed by atoms with Crippen LogP contribution < -0.4 is 5.32 Å². The van der Waals surface area contributed by atoms with Crippen LogP contribution in [0.1, 0.15) is 33.1 Å². The Kier molecular flexibility index (Phi) is 8.18. The molecular formula is C12H24N2O2. The molecule has 0 aliphatic carbocycles. The van der Waals surface area contributed by atoms with E-state index < -0.39 is 0 Å². The lowest BCUT2D eigenvalue weighted by Crippen LogP contribution is -2.24. The Morgan fingerprint density at radius 2 is 2.12 bits per heavy atom. The van der Waals surface area contributed by atoms with Crippen LogP contribution in [-0.4, -0.2) is 38.0 Å². The van der Waals surface area contributed by atoms with Crippen LogP contribution >= 0.6 is 0 Å². The van der Waals surface area contributed by atoms with Crippen LogP contribution in [0.5, 0.6) is 0 Å². The molecule has 0 bridgehead atoms. The molecule has 1 unspecified atom stereocenters. The van der Waals surface area contributed by atoms with Crippen molar-refractivity contribution in [2.45, 2.75) is 39.2 Å². The van der Waals surface area contributed by atoms with Crippen LogP contribution in [0.15, 0.2) is 0 Å². The predicted molar refractivity (Wildman–Crippen MR) is 64.0 cm³/mol. The van der Waals surface area contributed by atoms with Crippen molar-refractivity contribution < 1.29 is 9.84 Å². The van der Waals surface area contributed by atoms with Crippen molar-refractivity contribution >= 4 is 0 Å². The first-order valence-electron chi connectivity index (χ1n) is 5.81. The second-order valence-corrected chi connectivity index (χ2v) is 4.75. The minimum absolute atomic E-state index is 0.225. The molecule has 0 aromatic rings. The molecule has 94 valence electrons. The number of aliphatic hydroxyl groups is 1. The lowest BCUT2D eigenvalue weighted by atomic mass is 9.90. The van der Waals surface area contributed by atoms with Gasteiger partial charge in [-0.3, -0.25) is 0 Å². The molecule has 0 heterocycles. The molecule has 1 atom stereocenters. The number of nitrogens with one attached hydrogen (secondary N) is 1. The Morgan fingerprint density at radius 3 is 2.69 bits per heavy atom. The van der Waals surface area contributed by atoms with Gasteiger partial charge in [-0.05, 0) is 46.2 Å². The summed E-state index contributed by atoms with van der Waals surface area (Å²) in [6, 6.07) is 2.28. The molecule has 4 heteroatoms. The Balaban J connectivity index is 3.32. The zero-order valence-corrected chi connectivity index (χ0v) is 10.6. The normalized spacial score (nSPS) is 13.4. The molecule has 0 saturated carbocycles. The first kappa shape index (κ1) is 15.4. The highest BCUT2D eigenvalue weighted by atomic mass is 16.5. The third-order valence-corrected chi connectivity index (χ3v) is 2.47. The van der Waals surface area contributed by atoms with Gasteiger partial charge in [0.2, 0.25) is 0 Å². The highest BCUT2D eigenvalue weighted by Crippen LogP contribution is 2.19. The van der Waals surface area contributed by atoms with Crippen molar-refractivity contribution in [1.29, 1.82) is 5.26 Å². The summed E-state index contributed by atoms with van der Waals surface area (Å²) in [4.78, 5) is 0. The van der Waals surface area contributed by atoms with Crippen LogP contribution in [0.2, 0.25) is 0 Å². The van der Waals surface area contributed by atoms with Gasteiger partial charge in [0.1, 0.15) is 0 Å². The van der Waals surface area contributed by atoms with E-state index in [2.05, 4.69) is 11.4 Å². The van der Waals surface area contributed by atoms with E-state index in [0.717, 1.165) is 25.9 Å². The highest BCUT2D eigenvalue weighted by Gasteiger charge is 2.15. The van der Waals surface area contributed by atoms with Gasteiger partial charge in [-0.15, -0.1) is 0 Å². The third kappa shape index (κ3) is 8.66. The fourth-order valence-electron chi connectivity index (χ4n) is 1.38. The minimum atomic E-state index is -0.381. The molecule has 0 spiro atoms. The smallest absolute Gasteiger partial charge is 0.0785 e. The second kappa shape index (κ2) is 8.51. The van der Waals surface area contributed by atoms with Gasteiger partial charge >= 0.3 is 0 Å². The maximum Gasteiger partial charge on any atom is 0.0785 e. The molecule has 0 amide bonds. The number of nitrogens with zero attached hydrogens (tertiary/aromatic N) is 1. The molecule has 0 aliphatic heterocycles. The first-order chi connectivity index (χ1) is 7.52. The molecule has 0 aromatic heterocycles. The number of aliphatic hydroxyl groups excluding tert-OH is 1. The van der Waals surface area contributed by atoms with E-state index in [-0.39, 0.29) is 11.5 Å². The van der Waals surface area contributed by atoms with Crippen molar-refractivity contribution in [1.82, 2.24) is 5.32 Å². The Labute approximate surface area is 98.6 Å². The van der Waals surface area contributed by atoms with Gasteiger partial charge in [0.15, 0.2) is 0 Å². The fraction of sp³-hybridized carbons (Fsp3) is 0.917. The summed E-state index contributed by atoms with van der Waals surface area (Å²) in [6.45, 7) is 5.98. The Bertz CT molecular complexity index is 212. The van der Waals surface area contributed by atoms with E-state index in [9.17, 15) is 5.11 Å². The van der Waals surface area contributed by atoms with Crippen molar-refractivity contribution in [3.8, 4) is 6.07 Å². The van der Waals surface area contributed by atoms with E-state index in [0.29, 0.717) is 13.0 Å². The van der Waals surface area contributed by atoms with Gasteiger partial charge in [0.05, 0.1) is 24.2 Å². The summed E-state index contributed by atoms with van der Waals surface area (Å²) in [7, 11) is 1.58. The van der Waals surface area contributed by atoms with Gasteiger partial charge in [-0.2, -0.15) is 5.26 Å². The minimum Gasteiger partial charge on any atom is -0.391 e. The van der Waals surface area contributed by atoms with E-state index in [4.69, 9.17) is 10.00 Å². The van der Waals surface area contributed by atoms with Crippen LogP contribution in [0.25, 0.3) is 0 Å². The van der Waals surface area contributed by atoms with Crippen molar-refractivity contribution in [2.75, 3.05) is 26.8 Å². The molecule has 2 N–H and O–H groups in total. The number of hydrogen-bond acceptors (Lipinski definition) is 4.